The molecule has 0 aliphatic rings. The second-order valence-electron chi connectivity index (χ2n) is 6.70. The number of carbonyl (C=O) groups excluding carboxylic acids is 1. The van der Waals surface area contributed by atoms with Crippen LogP contribution in [0.1, 0.15) is 31.9 Å². The molecule has 4 heteroatoms. The van der Waals surface area contributed by atoms with Crippen molar-refractivity contribution in [2.75, 3.05) is 11.9 Å². The Balaban J connectivity index is 1.94. The molecule has 1 N–H and O–H groups in total. The van der Waals surface area contributed by atoms with Crippen LogP contribution in [-0.4, -0.2) is 18.6 Å². The van der Waals surface area contributed by atoms with Crippen molar-refractivity contribution >= 4 is 11.6 Å². The van der Waals surface area contributed by atoms with Gasteiger partial charge >= 0.3 is 0 Å². The van der Waals surface area contributed by atoms with Gasteiger partial charge in [-0.3, -0.25) is 4.79 Å². The summed E-state index contributed by atoms with van der Waals surface area (Å²) in [5, 5.41) is 2.87. The molecule has 0 radical (unpaired) electrons. The number of hydrogen-bond acceptors (Lipinski definition) is 3. The minimum absolute atomic E-state index is 0.182. The zero-order valence-electron chi connectivity index (χ0n) is 15.6. The molecule has 0 bridgehead atoms. The van der Waals surface area contributed by atoms with Crippen LogP contribution >= 0.6 is 0 Å². The van der Waals surface area contributed by atoms with Gasteiger partial charge in [0.05, 0.1) is 6.61 Å². The predicted octanol–water partition coefficient (Wildman–Crippen LogP) is 4.74. The minimum Gasteiger partial charge on any atom is -0.493 e. The lowest BCUT2D eigenvalue weighted by atomic mass is 10.1. The van der Waals surface area contributed by atoms with Crippen molar-refractivity contribution in [1.82, 2.24) is 0 Å². The molecule has 2 rings (SSSR count). The Kier molecular flexibility index (Phi) is 6.45. The largest absolute Gasteiger partial charge is 0.493 e. The van der Waals surface area contributed by atoms with E-state index in [1.807, 2.05) is 56.3 Å². The van der Waals surface area contributed by atoms with Crippen molar-refractivity contribution in [2.24, 2.45) is 5.92 Å². The first-order valence-electron chi connectivity index (χ1n) is 8.63. The van der Waals surface area contributed by atoms with Crippen LogP contribution in [0.25, 0.3) is 0 Å². The number of aryl methyl sites for hydroxylation is 2. The second kappa shape index (κ2) is 8.56. The van der Waals surface area contributed by atoms with Gasteiger partial charge in [0, 0.05) is 5.69 Å². The molecule has 25 heavy (non-hydrogen) atoms. The average molecular weight is 341 g/mol. The molecule has 134 valence electrons. The summed E-state index contributed by atoms with van der Waals surface area (Å²) < 4.78 is 11.5. The summed E-state index contributed by atoms with van der Waals surface area (Å²) in [5.41, 5.74) is 2.76. The lowest BCUT2D eigenvalue weighted by Crippen LogP contribution is -2.30. The molecule has 0 aromatic heterocycles. The van der Waals surface area contributed by atoms with Crippen LogP contribution < -0.4 is 14.8 Å². The number of para-hydroxylation sites is 1. The maximum atomic E-state index is 12.4. The van der Waals surface area contributed by atoms with Crippen molar-refractivity contribution in [2.45, 2.75) is 40.7 Å². The molecule has 0 saturated heterocycles. The van der Waals surface area contributed by atoms with E-state index in [-0.39, 0.29) is 5.91 Å². The van der Waals surface area contributed by atoms with Gasteiger partial charge in [-0.25, -0.2) is 0 Å². The summed E-state index contributed by atoms with van der Waals surface area (Å²) in [6.45, 7) is 10.6. The first-order chi connectivity index (χ1) is 11.9. The molecular formula is C21H27NO3. The molecule has 0 spiro atoms. The van der Waals surface area contributed by atoms with Crippen LogP contribution in [0.2, 0.25) is 0 Å². The molecule has 2 aromatic carbocycles. The maximum Gasteiger partial charge on any atom is 0.265 e. The number of nitrogens with one attached hydrogen (secondary N) is 1. The molecule has 1 amide bonds. The van der Waals surface area contributed by atoms with E-state index in [9.17, 15) is 4.79 Å². The molecule has 0 saturated carbocycles. The number of carbonyl (C=O) groups is 1. The highest BCUT2D eigenvalue weighted by Gasteiger charge is 2.17. The Morgan fingerprint density at radius 2 is 1.60 bits per heavy atom. The maximum absolute atomic E-state index is 12.4. The Morgan fingerprint density at radius 3 is 2.16 bits per heavy atom. The van der Waals surface area contributed by atoms with Gasteiger partial charge in [0.2, 0.25) is 0 Å². The molecule has 0 aliphatic heterocycles. The highest BCUT2D eigenvalue weighted by molar-refractivity contribution is 5.94. The van der Waals surface area contributed by atoms with Gasteiger partial charge in [0.25, 0.3) is 5.91 Å². The third kappa shape index (κ3) is 5.52. The van der Waals surface area contributed by atoms with E-state index in [0.717, 1.165) is 28.3 Å². The summed E-state index contributed by atoms with van der Waals surface area (Å²) in [4.78, 5) is 12.4. The standard InChI is InChI=1S/C21H27NO3/c1-14(2)13-24-19-11-9-18(10-12-19)22-21(23)17(5)25-20-15(3)7-6-8-16(20)4/h6-12,14,17H,13H2,1-5H3,(H,22,23)/t17-/m0/s1. The molecule has 0 unspecified atom stereocenters. The summed E-state index contributed by atoms with van der Waals surface area (Å²) in [5.74, 6) is 1.86. The quantitative estimate of drug-likeness (QED) is 0.791. The molecular weight excluding hydrogens is 314 g/mol. The number of amides is 1. The van der Waals surface area contributed by atoms with Gasteiger partial charge < -0.3 is 14.8 Å². The Bertz CT molecular complexity index is 687. The number of anilines is 1. The van der Waals surface area contributed by atoms with Crippen molar-refractivity contribution in [1.29, 1.82) is 0 Å². The van der Waals surface area contributed by atoms with E-state index >= 15 is 0 Å². The third-order valence-electron chi connectivity index (χ3n) is 3.78. The van der Waals surface area contributed by atoms with E-state index in [1.54, 1.807) is 6.92 Å². The van der Waals surface area contributed by atoms with Gasteiger partial charge in [-0.05, 0) is 62.1 Å². The SMILES string of the molecule is Cc1cccc(C)c1O[C@@H](C)C(=O)Nc1ccc(OCC(C)C)cc1. The summed E-state index contributed by atoms with van der Waals surface area (Å²) in [6, 6.07) is 13.3. The number of ether oxygens (including phenoxy) is 2. The summed E-state index contributed by atoms with van der Waals surface area (Å²) >= 11 is 0. The Labute approximate surface area is 150 Å². The van der Waals surface area contributed by atoms with Crippen molar-refractivity contribution in [3.63, 3.8) is 0 Å². The lowest BCUT2D eigenvalue weighted by Gasteiger charge is -2.18. The number of hydrogen-bond donors (Lipinski definition) is 1. The van der Waals surface area contributed by atoms with Crippen molar-refractivity contribution < 1.29 is 14.3 Å². The van der Waals surface area contributed by atoms with Crippen LogP contribution in [0.4, 0.5) is 5.69 Å². The third-order valence-corrected chi connectivity index (χ3v) is 3.78. The van der Waals surface area contributed by atoms with Gasteiger partial charge in [-0.1, -0.05) is 32.0 Å². The molecule has 0 fully saturated rings. The second-order valence-corrected chi connectivity index (χ2v) is 6.70. The number of rotatable bonds is 7. The van der Waals surface area contributed by atoms with Crippen LogP contribution in [-0.2, 0) is 4.79 Å². The van der Waals surface area contributed by atoms with E-state index in [0.29, 0.717) is 12.5 Å². The van der Waals surface area contributed by atoms with Gasteiger partial charge in [-0.15, -0.1) is 0 Å². The first kappa shape index (κ1) is 18.8. The highest BCUT2D eigenvalue weighted by Crippen LogP contribution is 2.24. The fourth-order valence-electron chi connectivity index (χ4n) is 2.36. The summed E-state index contributed by atoms with van der Waals surface area (Å²) in [6.07, 6.45) is -0.586. The average Bonchev–Trinajstić information content (AvgIpc) is 2.57. The number of benzene rings is 2. The monoisotopic (exact) mass is 341 g/mol. The molecule has 1 atom stereocenters. The van der Waals surface area contributed by atoms with Crippen LogP contribution in [0.5, 0.6) is 11.5 Å². The Hall–Kier alpha value is -2.49. The molecule has 0 heterocycles. The normalized spacial score (nSPS) is 11.9. The predicted molar refractivity (Wildman–Crippen MR) is 101 cm³/mol. The van der Waals surface area contributed by atoms with Gasteiger partial charge in [0.15, 0.2) is 6.10 Å². The molecule has 4 nitrogen and oxygen atoms in total. The van der Waals surface area contributed by atoms with Crippen molar-refractivity contribution in [3.8, 4) is 11.5 Å². The van der Waals surface area contributed by atoms with E-state index in [4.69, 9.17) is 9.47 Å². The molecule has 2 aromatic rings. The lowest BCUT2D eigenvalue weighted by molar-refractivity contribution is -0.122. The summed E-state index contributed by atoms with van der Waals surface area (Å²) in [7, 11) is 0. The van der Waals surface area contributed by atoms with Gasteiger partial charge in [-0.2, -0.15) is 0 Å². The van der Waals surface area contributed by atoms with Crippen LogP contribution in [0, 0.1) is 19.8 Å². The van der Waals surface area contributed by atoms with E-state index in [1.165, 1.54) is 0 Å². The molecule has 0 aliphatic carbocycles. The minimum atomic E-state index is -0.586. The fraction of sp³-hybridized carbons (Fsp3) is 0.381. The van der Waals surface area contributed by atoms with Crippen molar-refractivity contribution in [3.05, 3.63) is 53.6 Å². The van der Waals surface area contributed by atoms with Crippen LogP contribution in [0.15, 0.2) is 42.5 Å². The van der Waals surface area contributed by atoms with E-state index in [2.05, 4.69) is 19.2 Å². The van der Waals surface area contributed by atoms with E-state index < -0.39 is 6.10 Å². The first-order valence-corrected chi connectivity index (χ1v) is 8.63. The topological polar surface area (TPSA) is 47.6 Å². The van der Waals surface area contributed by atoms with Crippen LogP contribution in [0.3, 0.4) is 0 Å². The smallest absolute Gasteiger partial charge is 0.265 e. The fourth-order valence-corrected chi connectivity index (χ4v) is 2.36. The zero-order valence-corrected chi connectivity index (χ0v) is 15.6. The highest BCUT2D eigenvalue weighted by atomic mass is 16.5. The Morgan fingerprint density at radius 1 is 1.00 bits per heavy atom. The zero-order chi connectivity index (χ0) is 18.4. The van der Waals surface area contributed by atoms with Gasteiger partial charge in [0.1, 0.15) is 11.5 Å².